The number of benzene rings is 2. The summed E-state index contributed by atoms with van der Waals surface area (Å²) < 4.78 is 0. The maximum atomic E-state index is 12.3. The zero-order valence-corrected chi connectivity index (χ0v) is 13.5. The largest absolute Gasteiger partial charge is 0.478 e. The van der Waals surface area contributed by atoms with E-state index in [-0.39, 0.29) is 30.5 Å². The van der Waals surface area contributed by atoms with E-state index in [4.69, 9.17) is 5.11 Å². The van der Waals surface area contributed by atoms with E-state index < -0.39 is 12.0 Å². The van der Waals surface area contributed by atoms with E-state index in [2.05, 4.69) is 5.32 Å². The number of aromatic carboxylic acids is 1. The molecule has 128 valence electrons. The third kappa shape index (κ3) is 3.85. The number of nitrogens with one attached hydrogen (secondary N) is 1. The van der Waals surface area contributed by atoms with E-state index in [1.807, 2.05) is 30.3 Å². The molecule has 0 radical (unpaired) electrons. The Morgan fingerprint density at radius 1 is 1.04 bits per heavy atom. The maximum absolute atomic E-state index is 12.3. The number of hydrogen-bond donors (Lipinski definition) is 2. The molecular formula is C19H18N2O4. The van der Waals surface area contributed by atoms with E-state index in [9.17, 15) is 14.4 Å². The first-order chi connectivity index (χ1) is 12.0. The predicted molar refractivity (Wildman–Crippen MR) is 90.9 cm³/mol. The summed E-state index contributed by atoms with van der Waals surface area (Å²) in [5, 5.41) is 11.6. The first kappa shape index (κ1) is 16.7. The Bertz CT molecular complexity index is 787. The van der Waals surface area contributed by atoms with Gasteiger partial charge in [0.25, 0.3) is 0 Å². The maximum Gasteiger partial charge on any atom is 0.335 e. The van der Waals surface area contributed by atoms with Crippen LogP contribution in [0.15, 0.2) is 54.6 Å². The quantitative estimate of drug-likeness (QED) is 0.864. The molecule has 1 atom stereocenters. The second kappa shape index (κ2) is 7.17. The van der Waals surface area contributed by atoms with Gasteiger partial charge < -0.3 is 15.3 Å². The summed E-state index contributed by atoms with van der Waals surface area (Å²) >= 11 is 0. The van der Waals surface area contributed by atoms with Gasteiger partial charge in [-0.2, -0.15) is 0 Å². The molecule has 1 fully saturated rings. The minimum absolute atomic E-state index is 0.0165. The summed E-state index contributed by atoms with van der Waals surface area (Å²) in [6.07, 6.45) is 0.436. The molecule has 0 aliphatic carbocycles. The number of carbonyl (C=O) groups excluding carboxylic acids is 2. The fraction of sp³-hybridized carbons (Fsp3) is 0.211. The highest BCUT2D eigenvalue weighted by Crippen LogP contribution is 2.17. The molecule has 0 bridgehead atoms. The zero-order chi connectivity index (χ0) is 17.8. The van der Waals surface area contributed by atoms with Crippen molar-refractivity contribution in [3.8, 4) is 0 Å². The van der Waals surface area contributed by atoms with E-state index in [0.717, 1.165) is 11.1 Å². The summed E-state index contributed by atoms with van der Waals surface area (Å²) in [6, 6.07) is 15.3. The van der Waals surface area contributed by atoms with Gasteiger partial charge in [-0.25, -0.2) is 4.79 Å². The van der Waals surface area contributed by atoms with Crippen molar-refractivity contribution in [3.63, 3.8) is 0 Å². The van der Waals surface area contributed by atoms with Gasteiger partial charge in [-0.3, -0.25) is 9.59 Å². The summed E-state index contributed by atoms with van der Waals surface area (Å²) in [7, 11) is 0. The van der Waals surface area contributed by atoms with E-state index in [1.165, 1.54) is 12.1 Å². The lowest BCUT2D eigenvalue weighted by atomic mass is 10.0. The van der Waals surface area contributed by atoms with Crippen LogP contribution in [-0.2, 0) is 22.6 Å². The van der Waals surface area contributed by atoms with Crippen molar-refractivity contribution in [2.75, 3.05) is 6.54 Å². The molecule has 2 aromatic rings. The lowest BCUT2D eigenvalue weighted by molar-refractivity contribution is -0.146. The molecule has 1 unspecified atom stereocenters. The molecular weight excluding hydrogens is 320 g/mol. The topological polar surface area (TPSA) is 86.7 Å². The van der Waals surface area contributed by atoms with Crippen LogP contribution in [0, 0.1) is 0 Å². The number of carboxylic acid groups (broad SMARTS) is 1. The molecule has 1 saturated heterocycles. The normalized spacial score (nSPS) is 17.3. The van der Waals surface area contributed by atoms with Crippen LogP contribution in [0.25, 0.3) is 0 Å². The predicted octanol–water partition coefficient (Wildman–Crippen LogP) is 1.45. The molecule has 3 rings (SSSR count). The second-order valence-corrected chi connectivity index (χ2v) is 5.95. The van der Waals surface area contributed by atoms with Crippen LogP contribution in [0.1, 0.15) is 21.5 Å². The summed E-state index contributed by atoms with van der Waals surface area (Å²) in [6.45, 7) is 0.251. The van der Waals surface area contributed by atoms with Gasteiger partial charge in [0.2, 0.25) is 11.8 Å². The van der Waals surface area contributed by atoms with E-state index >= 15 is 0 Å². The Hall–Kier alpha value is -3.15. The molecule has 2 aromatic carbocycles. The lowest BCUT2D eigenvalue weighted by Gasteiger charge is -2.35. The van der Waals surface area contributed by atoms with Crippen LogP contribution in [0.3, 0.4) is 0 Å². The fourth-order valence-electron chi connectivity index (χ4n) is 2.89. The van der Waals surface area contributed by atoms with Crippen molar-refractivity contribution in [1.82, 2.24) is 10.2 Å². The Balaban J connectivity index is 1.80. The van der Waals surface area contributed by atoms with Gasteiger partial charge in [-0.05, 0) is 23.3 Å². The van der Waals surface area contributed by atoms with Gasteiger partial charge in [0, 0.05) is 13.0 Å². The van der Waals surface area contributed by atoms with Crippen LogP contribution >= 0.6 is 0 Å². The Morgan fingerprint density at radius 2 is 1.72 bits per heavy atom. The van der Waals surface area contributed by atoms with Crippen molar-refractivity contribution >= 4 is 17.8 Å². The molecule has 2 amide bonds. The Labute approximate surface area is 145 Å². The van der Waals surface area contributed by atoms with Gasteiger partial charge in [0.05, 0.1) is 12.1 Å². The molecule has 1 aliphatic rings. The van der Waals surface area contributed by atoms with Gasteiger partial charge in [0.15, 0.2) is 0 Å². The van der Waals surface area contributed by atoms with Gasteiger partial charge in [-0.1, -0.05) is 42.5 Å². The van der Waals surface area contributed by atoms with E-state index in [0.29, 0.717) is 6.42 Å². The fourth-order valence-corrected chi connectivity index (χ4v) is 2.89. The minimum Gasteiger partial charge on any atom is -0.478 e. The third-order valence-electron chi connectivity index (χ3n) is 4.24. The summed E-state index contributed by atoms with van der Waals surface area (Å²) in [5.41, 5.74) is 1.95. The molecule has 25 heavy (non-hydrogen) atoms. The third-order valence-corrected chi connectivity index (χ3v) is 4.24. The van der Waals surface area contributed by atoms with Crippen LogP contribution < -0.4 is 5.32 Å². The molecule has 6 heteroatoms. The van der Waals surface area contributed by atoms with Gasteiger partial charge in [0.1, 0.15) is 6.04 Å². The molecule has 6 nitrogen and oxygen atoms in total. The Morgan fingerprint density at radius 3 is 2.36 bits per heavy atom. The molecule has 1 aliphatic heterocycles. The number of piperazine rings is 1. The monoisotopic (exact) mass is 338 g/mol. The SMILES string of the molecule is O=C(O)c1ccc(CN2C(=O)CNC(=O)C2Cc2ccccc2)cc1. The number of carboxylic acids is 1. The molecule has 0 saturated carbocycles. The van der Waals surface area contributed by atoms with Crippen molar-refractivity contribution in [2.24, 2.45) is 0 Å². The van der Waals surface area contributed by atoms with Crippen LogP contribution in [0.4, 0.5) is 0 Å². The molecule has 1 heterocycles. The first-order valence-corrected chi connectivity index (χ1v) is 7.98. The van der Waals surface area contributed by atoms with Gasteiger partial charge >= 0.3 is 5.97 Å². The number of nitrogens with zero attached hydrogens (tertiary/aromatic N) is 1. The highest BCUT2D eigenvalue weighted by molar-refractivity contribution is 5.95. The number of amides is 2. The summed E-state index contributed by atoms with van der Waals surface area (Å²) in [5.74, 6) is -1.32. The molecule has 2 N–H and O–H groups in total. The molecule has 0 aromatic heterocycles. The summed E-state index contributed by atoms with van der Waals surface area (Å²) in [4.78, 5) is 37.1. The van der Waals surface area contributed by atoms with Crippen molar-refractivity contribution < 1.29 is 19.5 Å². The van der Waals surface area contributed by atoms with E-state index in [1.54, 1.807) is 17.0 Å². The van der Waals surface area contributed by atoms with Crippen molar-refractivity contribution in [2.45, 2.75) is 19.0 Å². The van der Waals surface area contributed by atoms with Gasteiger partial charge in [-0.15, -0.1) is 0 Å². The zero-order valence-electron chi connectivity index (χ0n) is 13.5. The average Bonchev–Trinajstić information content (AvgIpc) is 2.62. The van der Waals surface area contributed by atoms with Crippen LogP contribution in [0.5, 0.6) is 0 Å². The second-order valence-electron chi connectivity index (χ2n) is 5.95. The smallest absolute Gasteiger partial charge is 0.335 e. The average molecular weight is 338 g/mol. The Kier molecular flexibility index (Phi) is 4.79. The first-order valence-electron chi connectivity index (χ1n) is 7.98. The number of hydrogen-bond acceptors (Lipinski definition) is 3. The number of rotatable bonds is 5. The molecule has 0 spiro atoms. The van der Waals surface area contributed by atoms with Crippen LogP contribution in [-0.4, -0.2) is 40.4 Å². The highest BCUT2D eigenvalue weighted by Gasteiger charge is 2.34. The lowest BCUT2D eigenvalue weighted by Crippen LogP contribution is -2.58. The minimum atomic E-state index is -0.998. The van der Waals surface area contributed by atoms with Crippen molar-refractivity contribution in [3.05, 3.63) is 71.3 Å². The van der Waals surface area contributed by atoms with Crippen LogP contribution in [0.2, 0.25) is 0 Å². The number of carbonyl (C=O) groups is 3. The van der Waals surface area contributed by atoms with Crippen molar-refractivity contribution in [1.29, 1.82) is 0 Å². The highest BCUT2D eigenvalue weighted by atomic mass is 16.4. The standard InChI is InChI=1S/C19H18N2O4/c22-17-11-20-18(23)16(10-13-4-2-1-3-5-13)21(17)12-14-6-8-15(9-7-14)19(24)25/h1-9,16H,10-12H2,(H,20,23)(H,24,25).